The first-order valence-corrected chi connectivity index (χ1v) is 6.91. The molecule has 3 nitrogen and oxygen atoms in total. The van der Waals surface area contributed by atoms with Gasteiger partial charge in [-0.3, -0.25) is 9.69 Å². The first kappa shape index (κ1) is 12.4. The number of carbonyl (C=O) groups is 1. The van der Waals surface area contributed by atoms with Crippen molar-refractivity contribution in [2.45, 2.75) is 25.8 Å². The maximum atomic E-state index is 11.1. The third-order valence-electron chi connectivity index (χ3n) is 4.21. The largest absolute Gasteiger partial charge is 0.481 e. The van der Waals surface area contributed by atoms with E-state index >= 15 is 0 Å². The summed E-state index contributed by atoms with van der Waals surface area (Å²) in [7, 11) is 0. The second kappa shape index (κ2) is 5.17. The van der Waals surface area contributed by atoms with Gasteiger partial charge in [0, 0.05) is 19.6 Å². The van der Waals surface area contributed by atoms with Crippen molar-refractivity contribution in [2.75, 3.05) is 13.1 Å². The molecule has 1 aromatic carbocycles. The molecule has 3 heteroatoms. The van der Waals surface area contributed by atoms with Crippen LogP contribution in [-0.4, -0.2) is 29.1 Å². The first-order valence-electron chi connectivity index (χ1n) is 6.91. The van der Waals surface area contributed by atoms with Crippen LogP contribution < -0.4 is 0 Å². The monoisotopic (exact) mass is 257 g/mol. The van der Waals surface area contributed by atoms with Gasteiger partial charge in [0.15, 0.2) is 0 Å². The lowest BCUT2D eigenvalue weighted by Crippen LogP contribution is -2.21. The van der Waals surface area contributed by atoms with Gasteiger partial charge in [0.1, 0.15) is 0 Å². The fourth-order valence-corrected chi connectivity index (χ4v) is 3.20. The zero-order valence-electron chi connectivity index (χ0n) is 11.0. The molecule has 0 bridgehead atoms. The second-order valence-electron chi connectivity index (χ2n) is 5.62. The fraction of sp³-hybridized carbons (Fsp3) is 0.438. The van der Waals surface area contributed by atoms with Crippen molar-refractivity contribution in [2.24, 2.45) is 5.92 Å². The number of hydrogen-bond donors (Lipinski definition) is 1. The van der Waals surface area contributed by atoms with Gasteiger partial charge in [-0.05, 0) is 24.8 Å². The van der Waals surface area contributed by atoms with Crippen molar-refractivity contribution in [3.8, 4) is 0 Å². The van der Waals surface area contributed by atoms with Gasteiger partial charge in [-0.25, -0.2) is 0 Å². The topological polar surface area (TPSA) is 40.5 Å². The Morgan fingerprint density at radius 1 is 1.21 bits per heavy atom. The summed E-state index contributed by atoms with van der Waals surface area (Å²) >= 11 is 0. The number of rotatable bonds is 3. The lowest BCUT2D eigenvalue weighted by Gasteiger charge is -2.19. The smallest absolute Gasteiger partial charge is 0.306 e. The molecule has 1 N–H and O–H groups in total. The zero-order valence-corrected chi connectivity index (χ0v) is 11.0. The van der Waals surface area contributed by atoms with Crippen molar-refractivity contribution in [3.05, 3.63) is 47.0 Å². The molecule has 0 aromatic heterocycles. The molecule has 2 aliphatic rings. The molecule has 1 heterocycles. The van der Waals surface area contributed by atoms with Crippen LogP contribution in [0.4, 0.5) is 0 Å². The molecule has 100 valence electrons. The minimum atomic E-state index is -0.631. The van der Waals surface area contributed by atoms with E-state index < -0.39 is 5.97 Å². The Hall–Kier alpha value is -1.61. The fourth-order valence-electron chi connectivity index (χ4n) is 3.20. The first-order chi connectivity index (χ1) is 9.22. The highest BCUT2D eigenvalue weighted by Gasteiger charge is 2.31. The van der Waals surface area contributed by atoms with Gasteiger partial charge in [0.2, 0.25) is 0 Å². The summed E-state index contributed by atoms with van der Waals surface area (Å²) in [6, 6.07) is 10.5. The summed E-state index contributed by atoms with van der Waals surface area (Å²) in [6.45, 7) is 2.94. The van der Waals surface area contributed by atoms with Crippen LogP contribution in [-0.2, 0) is 11.3 Å². The summed E-state index contributed by atoms with van der Waals surface area (Å²) in [6.07, 6.45) is 2.54. The van der Waals surface area contributed by atoms with Crippen LogP contribution in [0, 0.1) is 5.92 Å². The third kappa shape index (κ3) is 2.71. The molecule has 0 spiro atoms. The number of hydrogen-bond acceptors (Lipinski definition) is 2. The van der Waals surface area contributed by atoms with Crippen molar-refractivity contribution >= 4 is 5.97 Å². The molecule has 1 aliphatic carbocycles. The quantitative estimate of drug-likeness (QED) is 0.846. The molecule has 19 heavy (non-hydrogen) atoms. The molecule has 0 saturated carbocycles. The van der Waals surface area contributed by atoms with E-state index in [9.17, 15) is 4.79 Å². The Balaban J connectivity index is 1.62. The summed E-state index contributed by atoms with van der Waals surface area (Å²) in [4.78, 5) is 13.5. The van der Waals surface area contributed by atoms with Gasteiger partial charge in [-0.1, -0.05) is 41.5 Å². The van der Waals surface area contributed by atoms with E-state index in [-0.39, 0.29) is 5.92 Å². The Kier molecular flexibility index (Phi) is 3.38. The number of aliphatic carboxylic acids is 1. The average molecular weight is 257 g/mol. The predicted octanol–water partition coefficient (Wildman–Crippen LogP) is 2.68. The Labute approximate surface area is 113 Å². The maximum Gasteiger partial charge on any atom is 0.306 e. The minimum absolute atomic E-state index is 0.157. The van der Waals surface area contributed by atoms with Crippen LogP contribution in [0.25, 0.3) is 0 Å². The number of benzene rings is 1. The summed E-state index contributed by atoms with van der Waals surface area (Å²) < 4.78 is 0. The summed E-state index contributed by atoms with van der Waals surface area (Å²) in [5, 5.41) is 9.12. The molecule has 1 atom stereocenters. The molecule has 1 aliphatic heterocycles. The zero-order chi connectivity index (χ0) is 13.2. The van der Waals surface area contributed by atoms with Crippen molar-refractivity contribution in [1.29, 1.82) is 0 Å². The van der Waals surface area contributed by atoms with E-state index in [0.29, 0.717) is 0 Å². The van der Waals surface area contributed by atoms with E-state index in [1.165, 1.54) is 16.7 Å². The third-order valence-corrected chi connectivity index (χ3v) is 4.21. The Morgan fingerprint density at radius 3 is 2.68 bits per heavy atom. The molecule has 0 amide bonds. The van der Waals surface area contributed by atoms with Gasteiger partial charge in [-0.15, -0.1) is 0 Å². The number of nitrogens with zero attached hydrogens (tertiary/aromatic N) is 1. The van der Waals surface area contributed by atoms with Gasteiger partial charge in [0.25, 0.3) is 0 Å². The Bertz CT molecular complexity index is 507. The normalized spacial score (nSPS) is 23.5. The highest BCUT2D eigenvalue weighted by Crippen LogP contribution is 2.34. The van der Waals surface area contributed by atoms with Crippen molar-refractivity contribution in [1.82, 2.24) is 4.90 Å². The molecule has 0 saturated heterocycles. The van der Waals surface area contributed by atoms with Crippen LogP contribution in [0.1, 0.15) is 24.8 Å². The molecule has 0 fully saturated rings. The van der Waals surface area contributed by atoms with Crippen LogP contribution in [0.2, 0.25) is 0 Å². The lowest BCUT2D eigenvalue weighted by molar-refractivity contribution is -0.142. The minimum Gasteiger partial charge on any atom is -0.481 e. The predicted molar refractivity (Wildman–Crippen MR) is 73.7 cm³/mol. The van der Waals surface area contributed by atoms with E-state index in [1.807, 2.05) is 6.07 Å². The van der Waals surface area contributed by atoms with Gasteiger partial charge >= 0.3 is 5.97 Å². The van der Waals surface area contributed by atoms with Crippen LogP contribution in [0.15, 0.2) is 41.5 Å². The Morgan fingerprint density at radius 2 is 1.95 bits per heavy atom. The highest BCUT2D eigenvalue weighted by atomic mass is 16.4. The molecular formula is C16H19NO2. The average Bonchev–Trinajstić information content (AvgIpc) is 2.80. The second-order valence-corrected chi connectivity index (χ2v) is 5.62. The van der Waals surface area contributed by atoms with Gasteiger partial charge < -0.3 is 5.11 Å². The van der Waals surface area contributed by atoms with E-state index in [2.05, 4.69) is 29.2 Å². The molecular weight excluding hydrogens is 238 g/mol. The molecule has 1 unspecified atom stereocenters. The van der Waals surface area contributed by atoms with Gasteiger partial charge in [0.05, 0.1) is 5.92 Å². The molecule has 1 aromatic rings. The lowest BCUT2D eigenvalue weighted by atomic mass is 9.85. The van der Waals surface area contributed by atoms with Crippen LogP contribution in [0.5, 0.6) is 0 Å². The van der Waals surface area contributed by atoms with E-state index in [4.69, 9.17) is 5.11 Å². The van der Waals surface area contributed by atoms with E-state index in [1.54, 1.807) is 0 Å². The number of carboxylic acid groups (broad SMARTS) is 1. The molecule has 0 radical (unpaired) electrons. The summed E-state index contributed by atoms with van der Waals surface area (Å²) in [5.41, 5.74) is 4.21. The summed E-state index contributed by atoms with van der Waals surface area (Å²) in [5.74, 6) is -0.788. The molecule has 3 rings (SSSR count). The van der Waals surface area contributed by atoms with Crippen LogP contribution in [0.3, 0.4) is 0 Å². The maximum absolute atomic E-state index is 11.1. The van der Waals surface area contributed by atoms with Crippen LogP contribution >= 0.6 is 0 Å². The van der Waals surface area contributed by atoms with Gasteiger partial charge in [-0.2, -0.15) is 0 Å². The van der Waals surface area contributed by atoms with Crippen molar-refractivity contribution < 1.29 is 9.90 Å². The number of carboxylic acids is 1. The highest BCUT2D eigenvalue weighted by molar-refractivity contribution is 5.71. The SMILES string of the molecule is O=C(O)C1CCC2=C(C1)CN(Cc1ccccc1)C2. The standard InChI is InChI=1S/C16H19NO2/c18-16(19)13-6-7-14-10-17(11-15(14)8-13)9-12-4-2-1-3-5-12/h1-5,13H,6-11H2,(H,18,19). The van der Waals surface area contributed by atoms with E-state index in [0.717, 1.165) is 38.9 Å². The van der Waals surface area contributed by atoms with Crippen molar-refractivity contribution in [3.63, 3.8) is 0 Å².